The Bertz CT molecular complexity index is 437. The zero-order valence-electron chi connectivity index (χ0n) is 7.04. The molecule has 2 heterocycles. The van der Waals surface area contributed by atoms with Crippen LogP contribution < -0.4 is 5.73 Å². The molecule has 1 unspecified atom stereocenters. The van der Waals surface area contributed by atoms with Gasteiger partial charge >= 0.3 is 0 Å². The predicted molar refractivity (Wildman–Crippen MR) is 67.4 cm³/mol. The lowest BCUT2D eigenvalue weighted by Gasteiger charge is -2.07. The average Bonchev–Trinajstić information content (AvgIpc) is 2.73. The highest BCUT2D eigenvalue weighted by atomic mass is 79.9. The fourth-order valence-corrected chi connectivity index (χ4v) is 3.58. The van der Waals surface area contributed by atoms with Crippen molar-refractivity contribution in [2.24, 2.45) is 5.73 Å². The molecular weight excluding hydrogens is 302 g/mol. The van der Waals surface area contributed by atoms with Gasteiger partial charge in [-0.05, 0) is 44.4 Å². The summed E-state index contributed by atoms with van der Waals surface area (Å²) in [6, 6.07) is 3.80. The van der Waals surface area contributed by atoms with Crippen molar-refractivity contribution in [1.29, 1.82) is 0 Å². The molecule has 0 saturated heterocycles. The van der Waals surface area contributed by atoms with Crippen LogP contribution in [0.15, 0.2) is 26.7 Å². The number of halogens is 2. The molecule has 0 aliphatic heterocycles. The minimum atomic E-state index is -0.106. The molecule has 5 heteroatoms. The second kappa shape index (κ2) is 4.33. The van der Waals surface area contributed by atoms with E-state index < -0.39 is 0 Å². The molecule has 0 radical (unpaired) electrons. The van der Waals surface area contributed by atoms with E-state index in [2.05, 4.69) is 15.9 Å². The summed E-state index contributed by atoms with van der Waals surface area (Å²) in [5.41, 5.74) is 7.19. The largest absolute Gasteiger partial charge is 0.320 e. The highest BCUT2D eigenvalue weighted by molar-refractivity contribution is 9.11. The van der Waals surface area contributed by atoms with Crippen molar-refractivity contribution in [3.63, 3.8) is 0 Å². The fourth-order valence-electron chi connectivity index (χ4n) is 1.17. The average molecular weight is 309 g/mol. The molecule has 0 aromatic carbocycles. The molecule has 2 rings (SSSR count). The van der Waals surface area contributed by atoms with E-state index in [1.165, 1.54) is 0 Å². The van der Waals surface area contributed by atoms with Crippen molar-refractivity contribution >= 4 is 50.2 Å². The van der Waals surface area contributed by atoms with Crippen molar-refractivity contribution in [3.8, 4) is 0 Å². The first kappa shape index (κ1) is 10.6. The van der Waals surface area contributed by atoms with E-state index in [1.807, 2.05) is 22.9 Å². The van der Waals surface area contributed by atoms with Crippen LogP contribution in [0.3, 0.4) is 0 Å². The summed E-state index contributed by atoms with van der Waals surface area (Å²) in [7, 11) is 0. The molecule has 0 aliphatic rings. The van der Waals surface area contributed by atoms with Gasteiger partial charge in [0, 0.05) is 4.88 Å². The SMILES string of the molecule is NC(c1csc(Br)c1)c1sccc1Cl. The van der Waals surface area contributed by atoms with Gasteiger partial charge in [-0.15, -0.1) is 22.7 Å². The minimum absolute atomic E-state index is 0.106. The molecule has 0 fully saturated rings. The first-order valence-corrected chi connectivity index (χ1v) is 6.84. The van der Waals surface area contributed by atoms with Gasteiger partial charge in [0.2, 0.25) is 0 Å². The first-order chi connectivity index (χ1) is 6.68. The standard InChI is InChI=1S/C9H7BrClNS2/c10-7-3-5(4-14-7)8(12)9-6(11)1-2-13-9/h1-4,8H,12H2. The third-order valence-corrected chi connectivity index (χ3v) is 4.84. The number of thiophene rings is 2. The summed E-state index contributed by atoms with van der Waals surface area (Å²) in [5.74, 6) is 0. The molecule has 0 saturated carbocycles. The highest BCUT2D eigenvalue weighted by Gasteiger charge is 2.14. The van der Waals surface area contributed by atoms with Gasteiger partial charge < -0.3 is 5.73 Å². The number of hydrogen-bond acceptors (Lipinski definition) is 3. The van der Waals surface area contributed by atoms with Crippen LogP contribution in [0, 0.1) is 0 Å². The maximum Gasteiger partial charge on any atom is 0.0701 e. The van der Waals surface area contributed by atoms with Gasteiger partial charge in [0.25, 0.3) is 0 Å². The van der Waals surface area contributed by atoms with Gasteiger partial charge in [-0.3, -0.25) is 0 Å². The molecule has 2 N–H and O–H groups in total. The van der Waals surface area contributed by atoms with Crippen molar-refractivity contribution < 1.29 is 0 Å². The normalized spacial score (nSPS) is 13.1. The summed E-state index contributed by atoms with van der Waals surface area (Å²) in [6.45, 7) is 0. The minimum Gasteiger partial charge on any atom is -0.320 e. The Morgan fingerprint density at radius 1 is 1.43 bits per heavy atom. The Labute approximate surface area is 104 Å². The van der Waals surface area contributed by atoms with Crippen LogP contribution in [0.5, 0.6) is 0 Å². The summed E-state index contributed by atoms with van der Waals surface area (Å²) in [6.07, 6.45) is 0. The molecule has 0 bridgehead atoms. The third kappa shape index (κ3) is 2.04. The van der Waals surface area contributed by atoms with Crippen molar-refractivity contribution in [2.45, 2.75) is 6.04 Å². The molecule has 0 aliphatic carbocycles. The van der Waals surface area contributed by atoms with Gasteiger partial charge in [0.15, 0.2) is 0 Å². The van der Waals surface area contributed by atoms with E-state index in [4.69, 9.17) is 17.3 Å². The van der Waals surface area contributed by atoms with Crippen LogP contribution in [0.25, 0.3) is 0 Å². The molecular formula is C9H7BrClNS2. The number of hydrogen-bond donors (Lipinski definition) is 1. The summed E-state index contributed by atoms with van der Waals surface area (Å²) >= 11 is 12.7. The lowest BCUT2D eigenvalue weighted by molar-refractivity contribution is 0.899. The topological polar surface area (TPSA) is 26.0 Å². The number of rotatable bonds is 2. The molecule has 14 heavy (non-hydrogen) atoms. The molecule has 0 amide bonds. The maximum atomic E-state index is 6.09. The van der Waals surface area contributed by atoms with Crippen LogP contribution in [0.1, 0.15) is 16.5 Å². The second-order valence-corrected chi connectivity index (χ2v) is 6.44. The predicted octanol–water partition coefficient (Wildman–Crippen LogP) is 4.27. The van der Waals surface area contributed by atoms with E-state index in [1.54, 1.807) is 22.7 Å². The van der Waals surface area contributed by atoms with E-state index in [0.29, 0.717) is 0 Å². The number of nitrogens with two attached hydrogens (primary N) is 1. The molecule has 74 valence electrons. The molecule has 2 aromatic rings. The van der Waals surface area contributed by atoms with Crippen molar-refractivity contribution in [1.82, 2.24) is 0 Å². The Balaban J connectivity index is 2.33. The van der Waals surface area contributed by atoms with E-state index in [-0.39, 0.29) is 6.04 Å². The quantitative estimate of drug-likeness (QED) is 0.880. The Kier molecular flexibility index (Phi) is 3.29. The zero-order valence-corrected chi connectivity index (χ0v) is 11.0. The summed E-state index contributed by atoms with van der Waals surface area (Å²) < 4.78 is 1.09. The van der Waals surface area contributed by atoms with Crippen LogP contribution >= 0.6 is 50.2 Å². The van der Waals surface area contributed by atoms with Gasteiger partial charge in [-0.25, -0.2) is 0 Å². The summed E-state index contributed by atoms with van der Waals surface area (Å²) in [4.78, 5) is 1.02. The van der Waals surface area contributed by atoms with Crippen LogP contribution in [0.2, 0.25) is 5.02 Å². The maximum absolute atomic E-state index is 6.09. The van der Waals surface area contributed by atoms with Crippen molar-refractivity contribution in [3.05, 3.63) is 42.1 Å². The van der Waals surface area contributed by atoms with Crippen LogP contribution in [-0.2, 0) is 0 Å². The first-order valence-electron chi connectivity index (χ1n) is 3.91. The highest BCUT2D eigenvalue weighted by Crippen LogP contribution is 2.34. The zero-order chi connectivity index (χ0) is 10.1. The third-order valence-electron chi connectivity index (χ3n) is 1.87. The van der Waals surface area contributed by atoms with E-state index in [0.717, 1.165) is 19.2 Å². The molecule has 2 aromatic heterocycles. The van der Waals surface area contributed by atoms with Gasteiger partial charge in [0.05, 0.1) is 14.9 Å². The Morgan fingerprint density at radius 2 is 2.21 bits per heavy atom. The molecule has 1 atom stereocenters. The van der Waals surface area contributed by atoms with Crippen LogP contribution in [-0.4, -0.2) is 0 Å². The smallest absolute Gasteiger partial charge is 0.0701 e. The van der Waals surface area contributed by atoms with Crippen molar-refractivity contribution in [2.75, 3.05) is 0 Å². The lowest BCUT2D eigenvalue weighted by Crippen LogP contribution is -2.09. The van der Waals surface area contributed by atoms with E-state index in [9.17, 15) is 0 Å². The van der Waals surface area contributed by atoms with Gasteiger partial charge in [-0.1, -0.05) is 11.6 Å². The Hall–Kier alpha value is 0.130. The van der Waals surface area contributed by atoms with E-state index >= 15 is 0 Å². The fraction of sp³-hybridized carbons (Fsp3) is 0.111. The second-order valence-electron chi connectivity index (χ2n) is 2.79. The van der Waals surface area contributed by atoms with Gasteiger partial charge in [0.1, 0.15) is 0 Å². The monoisotopic (exact) mass is 307 g/mol. The molecule has 0 spiro atoms. The Morgan fingerprint density at radius 3 is 2.71 bits per heavy atom. The molecule has 1 nitrogen and oxygen atoms in total. The van der Waals surface area contributed by atoms with Crippen LogP contribution in [0.4, 0.5) is 0 Å². The summed E-state index contributed by atoms with van der Waals surface area (Å²) in [5, 5.41) is 4.76. The lowest BCUT2D eigenvalue weighted by atomic mass is 10.1. The van der Waals surface area contributed by atoms with Gasteiger partial charge in [-0.2, -0.15) is 0 Å².